The highest BCUT2D eigenvalue weighted by Gasteiger charge is 2.30. The lowest BCUT2D eigenvalue weighted by atomic mass is 9.79. The molecule has 0 aliphatic heterocycles. The van der Waals surface area contributed by atoms with E-state index in [4.69, 9.17) is 27.9 Å². The molecule has 0 spiro atoms. The maximum atomic E-state index is 13.6. The second-order valence-electron chi connectivity index (χ2n) is 8.37. The number of halogens is 2. The predicted molar refractivity (Wildman–Crippen MR) is 131 cm³/mol. The maximum absolute atomic E-state index is 13.6. The Hall–Kier alpha value is -2.30. The van der Waals surface area contributed by atoms with E-state index < -0.39 is 35.3 Å². The molecule has 0 atom stereocenters. The largest absolute Gasteiger partial charge is 0.488 e. The molecule has 0 radical (unpaired) electrons. The van der Waals surface area contributed by atoms with Crippen molar-refractivity contribution >= 4 is 68.2 Å². The summed E-state index contributed by atoms with van der Waals surface area (Å²) >= 11 is 12.0. The molecule has 0 aromatic heterocycles. The van der Waals surface area contributed by atoms with Crippen molar-refractivity contribution in [2.45, 2.75) is 31.3 Å². The van der Waals surface area contributed by atoms with Crippen LogP contribution in [-0.2, 0) is 19.6 Å². The number of hydrogen-bond donors (Lipinski definition) is 2. The van der Waals surface area contributed by atoms with E-state index in [1.54, 1.807) is 45.0 Å². The number of esters is 1. The van der Waals surface area contributed by atoms with Gasteiger partial charge in [0.2, 0.25) is 0 Å². The lowest BCUT2D eigenvalue weighted by molar-refractivity contribution is -0.152. The lowest BCUT2D eigenvalue weighted by Gasteiger charge is -2.26. The first-order valence-electron chi connectivity index (χ1n) is 9.87. The summed E-state index contributed by atoms with van der Waals surface area (Å²) in [6, 6.07) is 13.3. The van der Waals surface area contributed by atoms with Gasteiger partial charge in [-0.1, -0.05) is 47.5 Å². The molecule has 0 saturated heterocycles. The molecular weight excluding hydrogens is 488 g/mol. The van der Waals surface area contributed by atoms with Crippen molar-refractivity contribution in [2.75, 3.05) is 10.8 Å². The zero-order valence-corrected chi connectivity index (χ0v) is 20.4. The molecular formula is C22H22BCl2NO6S. The minimum absolute atomic E-state index is 0.131. The quantitative estimate of drug-likeness (QED) is 0.390. The smallest absolute Gasteiger partial charge is 0.459 e. The fraction of sp³-hybridized carbons (Fsp3) is 0.227. The third-order valence-corrected chi connectivity index (χ3v) is 6.74. The second-order valence-corrected chi connectivity index (χ2v) is 11.1. The van der Waals surface area contributed by atoms with Gasteiger partial charge in [0, 0.05) is 10.0 Å². The van der Waals surface area contributed by atoms with Crippen LogP contribution in [0.2, 0.25) is 10.0 Å². The van der Waals surface area contributed by atoms with Crippen molar-refractivity contribution in [3.8, 4) is 0 Å². The van der Waals surface area contributed by atoms with Gasteiger partial charge in [-0.2, -0.15) is 0 Å². The first kappa shape index (κ1) is 25.3. The fourth-order valence-corrected chi connectivity index (χ4v) is 5.31. The summed E-state index contributed by atoms with van der Waals surface area (Å²) in [4.78, 5) is 12.4. The van der Waals surface area contributed by atoms with Gasteiger partial charge in [-0.3, -0.25) is 9.10 Å². The minimum atomic E-state index is -4.26. The van der Waals surface area contributed by atoms with Gasteiger partial charge >= 0.3 is 13.1 Å². The van der Waals surface area contributed by atoms with E-state index >= 15 is 0 Å². The predicted octanol–water partition coefficient (Wildman–Crippen LogP) is 3.36. The molecule has 3 rings (SSSR count). The topological polar surface area (TPSA) is 104 Å². The number of ether oxygens (including phenoxy) is 1. The molecule has 0 aliphatic carbocycles. The number of fused-ring (bicyclic) bond motifs is 1. The van der Waals surface area contributed by atoms with Gasteiger partial charge in [-0.05, 0) is 67.3 Å². The molecule has 0 fully saturated rings. The van der Waals surface area contributed by atoms with Crippen LogP contribution >= 0.6 is 23.2 Å². The third kappa shape index (κ3) is 6.19. The van der Waals surface area contributed by atoms with Gasteiger partial charge < -0.3 is 14.8 Å². The van der Waals surface area contributed by atoms with Gasteiger partial charge in [0.15, 0.2) is 0 Å². The van der Waals surface area contributed by atoms with E-state index in [9.17, 15) is 23.3 Å². The molecule has 0 unspecified atom stereocenters. The highest BCUT2D eigenvalue weighted by molar-refractivity contribution is 7.92. The number of hydrogen-bond acceptors (Lipinski definition) is 6. The van der Waals surface area contributed by atoms with Crippen molar-refractivity contribution < 1.29 is 28.0 Å². The van der Waals surface area contributed by atoms with Gasteiger partial charge in [-0.25, -0.2) is 8.42 Å². The maximum Gasteiger partial charge on any atom is 0.488 e. The Kier molecular flexibility index (Phi) is 7.31. The number of benzene rings is 3. The van der Waals surface area contributed by atoms with E-state index in [2.05, 4.69) is 0 Å². The van der Waals surface area contributed by atoms with Gasteiger partial charge in [-0.15, -0.1) is 0 Å². The van der Waals surface area contributed by atoms with Crippen LogP contribution < -0.4 is 9.77 Å². The zero-order valence-electron chi connectivity index (χ0n) is 18.1. The number of rotatable bonds is 6. The summed E-state index contributed by atoms with van der Waals surface area (Å²) in [5, 5.41) is 20.3. The van der Waals surface area contributed by atoms with Gasteiger partial charge in [0.25, 0.3) is 10.0 Å². The molecule has 11 heteroatoms. The summed E-state index contributed by atoms with van der Waals surface area (Å²) in [6.07, 6.45) is 0. The molecule has 0 aliphatic rings. The highest BCUT2D eigenvalue weighted by atomic mass is 35.5. The molecule has 0 saturated carbocycles. The Morgan fingerprint density at radius 3 is 2.12 bits per heavy atom. The average molecular weight is 510 g/mol. The molecule has 2 N–H and O–H groups in total. The Balaban J connectivity index is 2.12. The average Bonchev–Trinajstić information content (AvgIpc) is 2.69. The summed E-state index contributed by atoms with van der Waals surface area (Å²) in [5.41, 5.74) is -0.305. The van der Waals surface area contributed by atoms with E-state index in [1.807, 2.05) is 0 Å². The minimum Gasteiger partial charge on any atom is -0.459 e. The Morgan fingerprint density at radius 2 is 1.55 bits per heavy atom. The van der Waals surface area contributed by atoms with Crippen molar-refractivity contribution in [2.24, 2.45) is 0 Å². The third-order valence-electron chi connectivity index (χ3n) is 4.55. The number of anilines is 1. The molecule has 3 aromatic carbocycles. The van der Waals surface area contributed by atoms with Crippen molar-refractivity contribution in [1.82, 2.24) is 0 Å². The van der Waals surface area contributed by atoms with Crippen LogP contribution in [0.15, 0.2) is 59.5 Å². The summed E-state index contributed by atoms with van der Waals surface area (Å²) in [5.74, 6) is -0.738. The molecule has 7 nitrogen and oxygen atoms in total. The highest BCUT2D eigenvalue weighted by Crippen LogP contribution is 2.30. The summed E-state index contributed by atoms with van der Waals surface area (Å²) in [7, 11) is -5.89. The van der Waals surface area contributed by atoms with Crippen LogP contribution in [0.3, 0.4) is 0 Å². The van der Waals surface area contributed by atoms with Crippen molar-refractivity contribution in [1.29, 1.82) is 0 Å². The molecule has 0 heterocycles. The standard InChI is InChI=1S/C22H22BCl2NO6S/c1-22(2,3)32-21(27)13-26(33(30,31)20-11-17(24)10-18(25)12-20)19-7-5-14-8-16(23(28)29)6-4-15(14)9-19/h4-12,28-29H,13H2,1-3H3. The van der Waals surface area contributed by atoms with E-state index in [0.717, 1.165) is 4.31 Å². The van der Waals surface area contributed by atoms with Crippen LogP contribution in [0.25, 0.3) is 10.8 Å². The van der Waals surface area contributed by atoms with Crippen LogP contribution in [0, 0.1) is 0 Å². The number of sulfonamides is 1. The van der Waals surface area contributed by atoms with E-state index in [1.165, 1.54) is 30.3 Å². The Morgan fingerprint density at radius 1 is 0.970 bits per heavy atom. The summed E-state index contributed by atoms with van der Waals surface area (Å²) < 4.78 is 33.4. The monoisotopic (exact) mass is 509 g/mol. The first-order chi connectivity index (χ1) is 15.3. The molecule has 3 aromatic rings. The van der Waals surface area contributed by atoms with E-state index in [-0.39, 0.29) is 20.6 Å². The van der Waals surface area contributed by atoms with Crippen LogP contribution in [0.5, 0.6) is 0 Å². The zero-order chi connectivity index (χ0) is 24.6. The SMILES string of the molecule is CC(C)(C)OC(=O)CN(c1ccc2cc(B(O)O)ccc2c1)S(=O)(=O)c1cc(Cl)cc(Cl)c1. The van der Waals surface area contributed by atoms with E-state index in [0.29, 0.717) is 16.2 Å². The Bertz CT molecular complexity index is 1290. The van der Waals surface area contributed by atoms with Crippen molar-refractivity contribution in [3.63, 3.8) is 0 Å². The lowest BCUT2D eigenvalue weighted by Crippen LogP contribution is -2.39. The number of carbonyl (C=O) groups excluding carboxylic acids is 1. The number of nitrogens with zero attached hydrogens (tertiary/aromatic N) is 1. The van der Waals surface area contributed by atoms with Crippen LogP contribution in [0.4, 0.5) is 5.69 Å². The molecule has 174 valence electrons. The summed E-state index contributed by atoms with van der Waals surface area (Å²) in [6.45, 7) is 4.47. The molecule has 0 bridgehead atoms. The molecule has 0 amide bonds. The Labute approximate surface area is 202 Å². The van der Waals surface area contributed by atoms with Crippen LogP contribution in [-0.4, -0.2) is 43.7 Å². The number of carbonyl (C=O) groups is 1. The van der Waals surface area contributed by atoms with Gasteiger partial charge in [0.1, 0.15) is 12.1 Å². The second kappa shape index (κ2) is 9.52. The van der Waals surface area contributed by atoms with Crippen molar-refractivity contribution in [3.05, 3.63) is 64.6 Å². The first-order valence-corrected chi connectivity index (χ1v) is 12.1. The normalized spacial score (nSPS) is 12.0. The van der Waals surface area contributed by atoms with Gasteiger partial charge in [0.05, 0.1) is 10.6 Å². The fourth-order valence-electron chi connectivity index (χ4n) is 3.18. The van der Waals surface area contributed by atoms with Crippen LogP contribution in [0.1, 0.15) is 20.8 Å². The molecule has 33 heavy (non-hydrogen) atoms.